The number of carbonyl (C=O) groups excluding carboxylic acids is 2. The molecule has 1 heterocycles. The Bertz CT molecular complexity index is 1280. The molecular formula is C23H17NO7. The minimum absolute atomic E-state index is 0.187. The number of hydrogen-bond donors (Lipinski definition) is 0. The maximum Gasteiger partial charge on any atom is 0.349 e. The van der Waals surface area contributed by atoms with Crippen molar-refractivity contribution in [1.82, 2.24) is 0 Å². The van der Waals surface area contributed by atoms with Crippen LogP contribution in [0.5, 0.6) is 11.5 Å². The number of hydrogen-bond acceptors (Lipinski definition) is 8. The van der Waals surface area contributed by atoms with Gasteiger partial charge in [-0.15, -0.1) is 0 Å². The smallest absolute Gasteiger partial charge is 0.349 e. The van der Waals surface area contributed by atoms with Crippen LogP contribution < -0.4 is 15.1 Å². The summed E-state index contributed by atoms with van der Waals surface area (Å²) in [6, 6.07) is 14.4. The maximum absolute atomic E-state index is 12.1. The Morgan fingerprint density at radius 3 is 2.68 bits per heavy atom. The first kappa shape index (κ1) is 21.3. The van der Waals surface area contributed by atoms with Crippen LogP contribution in [0.3, 0.4) is 0 Å². The molecule has 0 aliphatic carbocycles. The Kier molecular flexibility index (Phi) is 6.48. The average Bonchev–Trinajstić information content (AvgIpc) is 2.75. The van der Waals surface area contributed by atoms with Crippen molar-refractivity contribution in [2.45, 2.75) is 6.92 Å². The number of ether oxygens (including phenoxy) is 3. The first-order chi connectivity index (χ1) is 14.9. The van der Waals surface area contributed by atoms with Crippen LogP contribution in [0.1, 0.15) is 11.1 Å². The van der Waals surface area contributed by atoms with Gasteiger partial charge in [0.1, 0.15) is 28.7 Å². The summed E-state index contributed by atoms with van der Waals surface area (Å²) >= 11 is 0. The third kappa shape index (κ3) is 5.36. The molecule has 0 aliphatic heterocycles. The summed E-state index contributed by atoms with van der Waals surface area (Å²) < 4.78 is 20.4. The zero-order valence-electron chi connectivity index (χ0n) is 16.7. The van der Waals surface area contributed by atoms with Crippen LogP contribution in [-0.2, 0) is 14.3 Å². The number of aryl methyl sites for hydroxylation is 1. The van der Waals surface area contributed by atoms with Gasteiger partial charge in [-0.2, -0.15) is 5.26 Å². The number of fused-ring (bicyclic) bond motifs is 1. The van der Waals surface area contributed by atoms with Gasteiger partial charge in [-0.1, -0.05) is 12.1 Å². The van der Waals surface area contributed by atoms with E-state index in [0.29, 0.717) is 16.9 Å². The molecule has 0 spiro atoms. The maximum atomic E-state index is 12.1. The molecular weight excluding hydrogens is 402 g/mol. The van der Waals surface area contributed by atoms with E-state index in [-0.39, 0.29) is 17.9 Å². The van der Waals surface area contributed by atoms with Gasteiger partial charge < -0.3 is 18.6 Å². The molecule has 0 aliphatic rings. The Balaban J connectivity index is 1.67. The molecule has 1 aromatic heterocycles. The molecule has 3 aromatic rings. The Morgan fingerprint density at radius 2 is 1.94 bits per heavy atom. The van der Waals surface area contributed by atoms with Gasteiger partial charge in [-0.25, -0.2) is 14.4 Å². The second-order valence-electron chi connectivity index (χ2n) is 6.40. The first-order valence-electron chi connectivity index (χ1n) is 9.08. The molecule has 0 fully saturated rings. The van der Waals surface area contributed by atoms with Crippen molar-refractivity contribution in [1.29, 1.82) is 5.26 Å². The summed E-state index contributed by atoms with van der Waals surface area (Å²) in [6.07, 6.45) is 1.32. The van der Waals surface area contributed by atoms with Crippen molar-refractivity contribution < 1.29 is 28.2 Å². The number of benzene rings is 2. The zero-order chi connectivity index (χ0) is 22.4. The lowest BCUT2D eigenvalue weighted by molar-refractivity contribution is -0.137. The number of nitrogens with zero attached hydrogens (tertiary/aromatic N) is 1. The van der Waals surface area contributed by atoms with E-state index in [1.165, 1.54) is 31.4 Å². The van der Waals surface area contributed by atoms with Crippen molar-refractivity contribution in [3.63, 3.8) is 0 Å². The molecule has 0 radical (unpaired) electrons. The van der Waals surface area contributed by atoms with E-state index in [1.54, 1.807) is 43.3 Å². The molecule has 0 N–H and O–H groups in total. The fraction of sp³-hybridized carbons (Fsp3) is 0.130. The molecule has 0 saturated heterocycles. The van der Waals surface area contributed by atoms with Crippen molar-refractivity contribution in [3.05, 3.63) is 75.7 Å². The molecule has 31 heavy (non-hydrogen) atoms. The molecule has 3 rings (SSSR count). The fourth-order valence-corrected chi connectivity index (χ4v) is 2.78. The van der Waals surface area contributed by atoms with Gasteiger partial charge in [-0.3, -0.25) is 0 Å². The van der Waals surface area contributed by atoms with Crippen molar-refractivity contribution in [3.8, 4) is 17.6 Å². The van der Waals surface area contributed by atoms with Gasteiger partial charge >= 0.3 is 17.6 Å². The minimum atomic E-state index is -0.764. The molecule has 0 unspecified atom stereocenters. The Labute approximate surface area is 176 Å². The van der Waals surface area contributed by atoms with E-state index in [4.69, 9.17) is 19.2 Å². The van der Waals surface area contributed by atoms with Gasteiger partial charge in [0.15, 0.2) is 6.61 Å². The van der Waals surface area contributed by atoms with Gasteiger partial charge in [0.25, 0.3) is 0 Å². The fourth-order valence-electron chi connectivity index (χ4n) is 2.78. The number of carbonyl (C=O) groups is 2. The lowest BCUT2D eigenvalue weighted by Crippen LogP contribution is -2.17. The van der Waals surface area contributed by atoms with Crippen molar-refractivity contribution in [2.24, 2.45) is 0 Å². The van der Waals surface area contributed by atoms with Crippen LogP contribution in [0.2, 0.25) is 0 Å². The lowest BCUT2D eigenvalue weighted by atomic mass is 10.1. The van der Waals surface area contributed by atoms with Gasteiger partial charge in [-0.05, 0) is 48.4 Å². The highest BCUT2D eigenvalue weighted by Crippen LogP contribution is 2.22. The molecule has 0 saturated carbocycles. The molecule has 0 amide bonds. The summed E-state index contributed by atoms with van der Waals surface area (Å²) in [7, 11) is 1.18. The van der Waals surface area contributed by atoms with Crippen LogP contribution in [-0.4, -0.2) is 25.7 Å². The summed E-state index contributed by atoms with van der Waals surface area (Å²) in [5, 5.41) is 9.80. The van der Waals surface area contributed by atoms with Gasteiger partial charge in [0.2, 0.25) is 0 Å². The normalized spacial score (nSPS) is 10.9. The summed E-state index contributed by atoms with van der Waals surface area (Å²) in [4.78, 5) is 35.2. The average molecular weight is 419 g/mol. The summed E-state index contributed by atoms with van der Waals surface area (Å²) in [5.74, 6) is -0.878. The molecule has 8 heteroatoms. The molecule has 0 bridgehead atoms. The number of esters is 2. The van der Waals surface area contributed by atoms with Crippen LogP contribution in [0.25, 0.3) is 17.0 Å². The van der Waals surface area contributed by atoms with Gasteiger partial charge in [0, 0.05) is 17.5 Å². The summed E-state index contributed by atoms with van der Waals surface area (Å²) in [5.41, 5.74) is 0.954. The van der Waals surface area contributed by atoms with Crippen LogP contribution in [0, 0.1) is 18.3 Å². The minimum Gasteiger partial charge on any atom is -0.482 e. The first-order valence-corrected chi connectivity index (χ1v) is 9.08. The highest BCUT2D eigenvalue weighted by molar-refractivity contribution is 5.97. The van der Waals surface area contributed by atoms with E-state index in [1.807, 2.05) is 0 Å². The van der Waals surface area contributed by atoms with E-state index in [9.17, 15) is 14.4 Å². The zero-order valence-corrected chi connectivity index (χ0v) is 16.7. The SMILES string of the molecule is COC(=O)/C(C#N)=C/c1cccc(OC(=O)COc2ccc3c(C)cc(=O)oc3c2)c1. The molecule has 156 valence electrons. The topological polar surface area (TPSA) is 116 Å². The van der Waals surface area contributed by atoms with E-state index in [0.717, 1.165) is 10.9 Å². The monoisotopic (exact) mass is 419 g/mol. The van der Waals surface area contributed by atoms with Crippen LogP contribution >= 0.6 is 0 Å². The van der Waals surface area contributed by atoms with E-state index >= 15 is 0 Å². The van der Waals surface area contributed by atoms with Crippen LogP contribution in [0.15, 0.2) is 63.3 Å². The third-order valence-corrected chi connectivity index (χ3v) is 4.21. The molecule has 2 aromatic carbocycles. The molecule has 8 nitrogen and oxygen atoms in total. The van der Waals surface area contributed by atoms with E-state index in [2.05, 4.69) is 4.74 Å². The number of nitriles is 1. The number of rotatable bonds is 6. The summed E-state index contributed by atoms with van der Waals surface area (Å²) in [6.45, 7) is 1.42. The largest absolute Gasteiger partial charge is 0.482 e. The Hall–Kier alpha value is -4.38. The highest BCUT2D eigenvalue weighted by atomic mass is 16.6. The Morgan fingerprint density at radius 1 is 1.13 bits per heavy atom. The van der Waals surface area contributed by atoms with Crippen molar-refractivity contribution in [2.75, 3.05) is 13.7 Å². The molecule has 0 atom stereocenters. The van der Waals surface area contributed by atoms with Crippen molar-refractivity contribution >= 4 is 29.0 Å². The van der Waals surface area contributed by atoms with Gasteiger partial charge in [0.05, 0.1) is 7.11 Å². The number of methoxy groups -OCH3 is 1. The second-order valence-corrected chi connectivity index (χ2v) is 6.40. The second kappa shape index (κ2) is 9.41. The lowest BCUT2D eigenvalue weighted by Gasteiger charge is -2.08. The predicted octanol–water partition coefficient (Wildman–Crippen LogP) is 3.17. The third-order valence-electron chi connectivity index (χ3n) is 4.21. The highest BCUT2D eigenvalue weighted by Gasteiger charge is 2.11. The quantitative estimate of drug-likeness (QED) is 0.197. The standard InChI is InChI=1S/C23H17NO7/c1-14-8-21(25)31-20-11-17(6-7-19(14)20)29-13-22(26)30-18-5-3-4-15(10-18)9-16(12-24)23(27)28-2/h3-11H,13H2,1-2H3/b16-9+. The predicted molar refractivity (Wildman–Crippen MR) is 110 cm³/mol. The van der Waals surface area contributed by atoms with Crippen LogP contribution in [0.4, 0.5) is 0 Å². The van der Waals surface area contributed by atoms with E-state index < -0.39 is 17.6 Å².